The fourth-order valence-corrected chi connectivity index (χ4v) is 2.36. The van der Waals surface area contributed by atoms with E-state index in [9.17, 15) is 13.6 Å². The van der Waals surface area contributed by atoms with Gasteiger partial charge in [-0.25, -0.2) is 13.8 Å². The summed E-state index contributed by atoms with van der Waals surface area (Å²) in [6.45, 7) is 3.94. The summed E-state index contributed by atoms with van der Waals surface area (Å²) < 4.78 is 28.9. The fourth-order valence-electron chi connectivity index (χ4n) is 2.36. The molecule has 0 unspecified atom stereocenters. The number of nitrogens with one attached hydrogen (secondary N) is 1. The standard InChI is InChI=1S/C17H16F2N6O/c1-9(2)25-8-21-24-16(25)14-4-3-5-15(22-14)23-17(26)10-6-13(20)12(19)7-11(10)18/h3-9H,20H2,1-2H3,(H,22,23,26). The van der Waals surface area contributed by atoms with Crippen molar-refractivity contribution < 1.29 is 13.6 Å². The van der Waals surface area contributed by atoms with Crippen LogP contribution in [0.3, 0.4) is 0 Å². The normalized spacial score (nSPS) is 11.0. The molecule has 0 bridgehead atoms. The number of carbonyl (C=O) groups excluding carboxylic acids is 1. The number of nitrogens with zero attached hydrogens (tertiary/aromatic N) is 4. The van der Waals surface area contributed by atoms with Gasteiger partial charge in [-0.3, -0.25) is 4.79 Å². The van der Waals surface area contributed by atoms with Gasteiger partial charge in [0.2, 0.25) is 0 Å². The fraction of sp³-hybridized carbons (Fsp3) is 0.176. The average Bonchev–Trinajstić information content (AvgIpc) is 3.08. The molecular weight excluding hydrogens is 342 g/mol. The molecule has 9 heteroatoms. The van der Waals surface area contributed by atoms with E-state index in [4.69, 9.17) is 5.73 Å². The van der Waals surface area contributed by atoms with Crippen LogP contribution in [0.15, 0.2) is 36.7 Å². The molecule has 0 saturated heterocycles. The first-order chi connectivity index (χ1) is 12.4. The zero-order chi connectivity index (χ0) is 18.8. The Balaban J connectivity index is 1.89. The first-order valence-electron chi connectivity index (χ1n) is 7.79. The molecular formula is C17H16F2N6O. The van der Waals surface area contributed by atoms with Crippen LogP contribution in [0.25, 0.3) is 11.5 Å². The van der Waals surface area contributed by atoms with Gasteiger partial charge in [0.1, 0.15) is 29.5 Å². The molecule has 7 nitrogen and oxygen atoms in total. The number of hydrogen-bond acceptors (Lipinski definition) is 5. The highest BCUT2D eigenvalue weighted by Crippen LogP contribution is 2.21. The molecule has 0 atom stereocenters. The van der Waals surface area contributed by atoms with E-state index in [2.05, 4.69) is 20.5 Å². The first-order valence-corrected chi connectivity index (χ1v) is 7.79. The highest BCUT2D eigenvalue weighted by molar-refractivity contribution is 6.04. The Morgan fingerprint density at radius 2 is 2.00 bits per heavy atom. The third kappa shape index (κ3) is 3.37. The number of halogens is 2. The Morgan fingerprint density at radius 1 is 1.23 bits per heavy atom. The van der Waals surface area contributed by atoms with Crippen LogP contribution < -0.4 is 11.1 Å². The number of amides is 1. The molecule has 0 radical (unpaired) electrons. The number of anilines is 2. The minimum absolute atomic E-state index is 0.122. The van der Waals surface area contributed by atoms with Crippen LogP contribution in [0.2, 0.25) is 0 Å². The lowest BCUT2D eigenvalue weighted by molar-refractivity contribution is 0.102. The molecule has 0 aliphatic carbocycles. The number of hydrogen-bond donors (Lipinski definition) is 2. The van der Waals surface area contributed by atoms with Crippen molar-refractivity contribution in [2.24, 2.45) is 0 Å². The minimum atomic E-state index is -1.01. The molecule has 3 rings (SSSR count). The minimum Gasteiger partial charge on any atom is -0.396 e. The van der Waals surface area contributed by atoms with Crippen molar-refractivity contribution in [3.63, 3.8) is 0 Å². The largest absolute Gasteiger partial charge is 0.396 e. The molecule has 134 valence electrons. The topological polar surface area (TPSA) is 98.7 Å². The quantitative estimate of drug-likeness (QED) is 0.699. The number of rotatable bonds is 4. The summed E-state index contributed by atoms with van der Waals surface area (Å²) >= 11 is 0. The molecule has 0 aliphatic heterocycles. The number of benzene rings is 1. The zero-order valence-electron chi connectivity index (χ0n) is 14.1. The van der Waals surface area contributed by atoms with Gasteiger partial charge in [0, 0.05) is 12.1 Å². The van der Waals surface area contributed by atoms with Gasteiger partial charge in [-0.1, -0.05) is 6.07 Å². The van der Waals surface area contributed by atoms with Crippen molar-refractivity contribution in [3.8, 4) is 11.5 Å². The summed E-state index contributed by atoms with van der Waals surface area (Å²) in [5, 5.41) is 10.4. The van der Waals surface area contributed by atoms with Crippen molar-refractivity contribution in [2.75, 3.05) is 11.1 Å². The van der Waals surface area contributed by atoms with E-state index in [0.29, 0.717) is 17.6 Å². The van der Waals surface area contributed by atoms with Gasteiger partial charge in [-0.15, -0.1) is 10.2 Å². The van der Waals surface area contributed by atoms with Crippen LogP contribution in [-0.2, 0) is 0 Å². The summed E-state index contributed by atoms with van der Waals surface area (Å²) in [6.07, 6.45) is 1.59. The van der Waals surface area contributed by atoms with Crippen molar-refractivity contribution in [2.45, 2.75) is 19.9 Å². The third-order valence-corrected chi connectivity index (χ3v) is 3.68. The number of carbonyl (C=O) groups is 1. The molecule has 0 fully saturated rings. The summed E-state index contributed by atoms with van der Waals surface area (Å²) in [5.74, 6) is -2.00. The van der Waals surface area contributed by atoms with Gasteiger partial charge < -0.3 is 15.6 Å². The van der Waals surface area contributed by atoms with E-state index in [1.54, 1.807) is 24.5 Å². The van der Waals surface area contributed by atoms with Gasteiger partial charge in [-0.2, -0.15) is 0 Å². The summed E-state index contributed by atoms with van der Waals surface area (Å²) in [4.78, 5) is 16.6. The lowest BCUT2D eigenvalue weighted by Crippen LogP contribution is -2.16. The van der Waals surface area contributed by atoms with Crippen LogP contribution in [0, 0.1) is 11.6 Å². The van der Waals surface area contributed by atoms with Crippen LogP contribution >= 0.6 is 0 Å². The first kappa shape index (κ1) is 17.5. The second-order valence-electron chi connectivity index (χ2n) is 5.87. The highest BCUT2D eigenvalue weighted by Gasteiger charge is 2.17. The third-order valence-electron chi connectivity index (χ3n) is 3.68. The Hall–Kier alpha value is -3.36. The van der Waals surface area contributed by atoms with Gasteiger partial charge in [0.05, 0.1) is 11.3 Å². The van der Waals surface area contributed by atoms with E-state index >= 15 is 0 Å². The predicted molar refractivity (Wildman–Crippen MR) is 92.4 cm³/mol. The molecule has 2 aromatic heterocycles. The van der Waals surface area contributed by atoms with Crippen molar-refractivity contribution in [1.29, 1.82) is 0 Å². The van der Waals surface area contributed by atoms with Crippen molar-refractivity contribution in [3.05, 3.63) is 53.9 Å². The van der Waals surface area contributed by atoms with Crippen molar-refractivity contribution in [1.82, 2.24) is 19.7 Å². The van der Waals surface area contributed by atoms with E-state index in [-0.39, 0.29) is 23.1 Å². The number of aromatic nitrogens is 4. The maximum Gasteiger partial charge on any atom is 0.259 e. The van der Waals surface area contributed by atoms with E-state index in [1.165, 1.54) is 0 Å². The van der Waals surface area contributed by atoms with E-state index < -0.39 is 17.5 Å². The lowest BCUT2D eigenvalue weighted by atomic mass is 10.1. The van der Waals surface area contributed by atoms with Crippen molar-refractivity contribution >= 4 is 17.4 Å². The Kier molecular flexibility index (Phi) is 4.61. The van der Waals surface area contributed by atoms with Gasteiger partial charge in [0.25, 0.3) is 5.91 Å². The second-order valence-corrected chi connectivity index (χ2v) is 5.87. The monoisotopic (exact) mass is 358 g/mol. The second kappa shape index (κ2) is 6.87. The Morgan fingerprint density at radius 3 is 2.73 bits per heavy atom. The molecule has 1 aromatic carbocycles. The smallest absolute Gasteiger partial charge is 0.259 e. The molecule has 3 aromatic rings. The van der Waals surface area contributed by atoms with E-state index in [1.807, 2.05) is 18.4 Å². The molecule has 2 heterocycles. The molecule has 1 amide bonds. The molecule has 0 aliphatic rings. The number of pyridine rings is 1. The van der Waals surface area contributed by atoms with Gasteiger partial charge in [-0.05, 0) is 32.0 Å². The lowest BCUT2D eigenvalue weighted by Gasteiger charge is -2.11. The number of nitrogens with two attached hydrogens (primary N) is 1. The maximum atomic E-state index is 13.8. The highest BCUT2D eigenvalue weighted by atomic mass is 19.1. The summed E-state index contributed by atoms with van der Waals surface area (Å²) in [7, 11) is 0. The van der Waals surface area contributed by atoms with Gasteiger partial charge in [0.15, 0.2) is 5.82 Å². The Labute approximate surface area is 147 Å². The molecule has 0 spiro atoms. The molecule has 3 N–H and O–H groups in total. The van der Waals surface area contributed by atoms with E-state index in [0.717, 1.165) is 6.07 Å². The summed E-state index contributed by atoms with van der Waals surface area (Å²) in [6, 6.07) is 6.57. The molecule has 0 saturated carbocycles. The van der Waals surface area contributed by atoms with Crippen LogP contribution in [0.1, 0.15) is 30.2 Å². The maximum absolute atomic E-state index is 13.8. The number of nitrogen functional groups attached to an aromatic ring is 1. The SMILES string of the molecule is CC(C)n1cnnc1-c1cccc(NC(=O)c2cc(N)c(F)cc2F)n1. The zero-order valence-corrected chi connectivity index (χ0v) is 14.1. The van der Waals surface area contributed by atoms with Gasteiger partial charge >= 0.3 is 0 Å². The molecule has 26 heavy (non-hydrogen) atoms. The van der Waals surface area contributed by atoms with Crippen LogP contribution in [0.4, 0.5) is 20.3 Å². The average molecular weight is 358 g/mol. The van der Waals surface area contributed by atoms with Crippen LogP contribution in [-0.4, -0.2) is 25.7 Å². The Bertz CT molecular complexity index is 970. The van der Waals surface area contributed by atoms with Crippen LogP contribution in [0.5, 0.6) is 0 Å². The summed E-state index contributed by atoms with van der Waals surface area (Å²) in [5.41, 5.74) is 5.20. The predicted octanol–water partition coefficient (Wildman–Crippen LogP) is 3.03.